The third-order valence-electron chi connectivity index (χ3n) is 9.16. The zero-order valence-corrected chi connectivity index (χ0v) is 29.9. The number of rotatable bonds is 8. The summed E-state index contributed by atoms with van der Waals surface area (Å²) in [6, 6.07) is 13.4. The third-order valence-corrected chi connectivity index (χ3v) is 9.16. The number of benzene rings is 3. The predicted octanol–water partition coefficient (Wildman–Crippen LogP) is 7.01. The summed E-state index contributed by atoms with van der Waals surface area (Å²) in [4.78, 5) is 31.0. The Balaban J connectivity index is 1.34. The molecule has 0 unspecified atom stereocenters. The minimum atomic E-state index is -4.50. The lowest BCUT2D eigenvalue weighted by Gasteiger charge is -2.36. The Morgan fingerprint density at radius 3 is 2.40 bits per heavy atom. The summed E-state index contributed by atoms with van der Waals surface area (Å²) in [6.07, 6.45) is -2.59. The first-order chi connectivity index (χ1) is 24.8. The molecule has 4 atom stereocenters. The molecule has 0 saturated carbocycles. The molecule has 0 aliphatic carbocycles. The van der Waals surface area contributed by atoms with Crippen molar-refractivity contribution >= 4 is 23.3 Å². The number of alkyl halides is 3. The number of fused-ring (bicyclic) bond motifs is 2. The first kappa shape index (κ1) is 38.7. The Morgan fingerprint density at radius 1 is 0.981 bits per heavy atom. The molecule has 0 bridgehead atoms. The number of halogens is 3. The molecule has 2 heterocycles. The van der Waals surface area contributed by atoms with Crippen LogP contribution in [0.5, 0.6) is 17.2 Å². The van der Waals surface area contributed by atoms with Crippen LogP contribution in [0.3, 0.4) is 0 Å². The van der Waals surface area contributed by atoms with E-state index in [1.807, 2.05) is 39.1 Å². The van der Waals surface area contributed by atoms with Crippen LogP contribution >= 0.6 is 0 Å². The molecular formula is C38H47F3N4O7. The van der Waals surface area contributed by atoms with Gasteiger partial charge in [0.05, 0.1) is 36.0 Å². The number of urea groups is 1. The van der Waals surface area contributed by atoms with E-state index in [2.05, 4.69) is 15.5 Å². The molecule has 14 heteroatoms. The Bertz CT molecular complexity index is 1670. The van der Waals surface area contributed by atoms with Crippen molar-refractivity contribution in [1.82, 2.24) is 9.80 Å². The highest BCUT2D eigenvalue weighted by atomic mass is 19.4. The van der Waals surface area contributed by atoms with Gasteiger partial charge in [0.25, 0.3) is 5.91 Å². The van der Waals surface area contributed by atoms with Gasteiger partial charge in [-0.2, -0.15) is 13.2 Å². The molecule has 0 spiro atoms. The molecule has 3 amide bonds. The lowest BCUT2D eigenvalue weighted by molar-refractivity contribution is -0.137. The van der Waals surface area contributed by atoms with E-state index in [1.54, 1.807) is 24.0 Å². The van der Waals surface area contributed by atoms with Gasteiger partial charge in [0.2, 0.25) is 6.79 Å². The number of aliphatic hydroxyl groups is 1. The van der Waals surface area contributed by atoms with Crippen LogP contribution in [0.1, 0.15) is 61.5 Å². The van der Waals surface area contributed by atoms with E-state index in [0.717, 1.165) is 54.2 Å². The highest BCUT2D eigenvalue weighted by molar-refractivity contribution is 6.02. The van der Waals surface area contributed by atoms with Crippen LogP contribution in [0, 0.1) is 5.92 Å². The van der Waals surface area contributed by atoms with Crippen molar-refractivity contribution in [2.24, 2.45) is 5.92 Å². The number of likely N-dealkylation sites (N-methyl/N-ethyl adjacent to an activating group) is 1. The molecule has 0 fully saturated rings. The van der Waals surface area contributed by atoms with Crippen molar-refractivity contribution in [2.45, 2.75) is 71.0 Å². The molecule has 3 aromatic carbocycles. The maximum Gasteiger partial charge on any atom is 0.416 e. The fourth-order valence-electron chi connectivity index (χ4n) is 6.22. The molecule has 52 heavy (non-hydrogen) atoms. The number of carbonyl (C=O) groups is 2. The minimum Gasteiger partial charge on any atom is -0.490 e. The maximum atomic E-state index is 14.4. The van der Waals surface area contributed by atoms with Gasteiger partial charge in [-0.05, 0) is 100 Å². The van der Waals surface area contributed by atoms with E-state index in [9.17, 15) is 27.9 Å². The van der Waals surface area contributed by atoms with Crippen LogP contribution in [0.15, 0.2) is 60.7 Å². The second-order valence-corrected chi connectivity index (χ2v) is 13.5. The van der Waals surface area contributed by atoms with Gasteiger partial charge < -0.3 is 39.6 Å². The van der Waals surface area contributed by atoms with Gasteiger partial charge in [-0.25, -0.2) is 4.79 Å². The Labute approximate surface area is 302 Å². The second kappa shape index (κ2) is 17.3. The van der Waals surface area contributed by atoms with Crippen molar-refractivity contribution in [1.29, 1.82) is 0 Å². The number of hydrogen-bond donors (Lipinski definition) is 3. The van der Waals surface area contributed by atoms with Gasteiger partial charge in [0.1, 0.15) is 5.75 Å². The Kier molecular flexibility index (Phi) is 12.9. The van der Waals surface area contributed by atoms with Gasteiger partial charge in [0.15, 0.2) is 11.5 Å². The zero-order valence-electron chi connectivity index (χ0n) is 29.9. The van der Waals surface area contributed by atoms with E-state index in [1.165, 1.54) is 6.07 Å². The quantitative estimate of drug-likeness (QED) is 0.227. The lowest BCUT2D eigenvalue weighted by Crippen LogP contribution is -2.47. The number of anilines is 2. The molecule has 0 saturated heterocycles. The molecule has 5 rings (SSSR count). The van der Waals surface area contributed by atoms with Gasteiger partial charge in [-0.3, -0.25) is 9.69 Å². The lowest BCUT2D eigenvalue weighted by atomic mass is 10.0. The van der Waals surface area contributed by atoms with Crippen LogP contribution in [0.25, 0.3) is 0 Å². The van der Waals surface area contributed by atoms with E-state index >= 15 is 0 Å². The van der Waals surface area contributed by atoms with Crippen LogP contribution < -0.4 is 24.8 Å². The van der Waals surface area contributed by atoms with E-state index in [-0.39, 0.29) is 55.0 Å². The molecule has 0 aromatic heterocycles. The van der Waals surface area contributed by atoms with Crippen LogP contribution in [0.4, 0.5) is 29.3 Å². The number of aliphatic hydroxyl groups excluding tert-OH is 1. The SMILES string of the molecule is C[C@@H]1CCCCO[C@H](CN(C)Cc2ccc3c(c2)OCO3)[C@H](C)CN([C@@H](C)CO)C(=O)c2cc(NC(=O)Nc3ccc(C(F)(F)F)cc3)ccc2O1. The van der Waals surface area contributed by atoms with Crippen LogP contribution in [0.2, 0.25) is 0 Å². The van der Waals surface area contributed by atoms with Crippen LogP contribution in [-0.2, 0) is 17.5 Å². The van der Waals surface area contributed by atoms with E-state index in [0.29, 0.717) is 31.9 Å². The average molecular weight is 729 g/mol. The highest BCUT2D eigenvalue weighted by Crippen LogP contribution is 2.34. The number of ether oxygens (including phenoxy) is 4. The summed E-state index contributed by atoms with van der Waals surface area (Å²) in [6.45, 7) is 7.68. The minimum absolute atomic E-state index is 0.140. The molecule has 3 N–H and O–H groups in total. The van der Waals surface area contributed by atoms with Gasteiger partial charge in [0, 0.05) is 43.5 Å². The van der Waals surface area contributed by atoms with E-state index < -0.39 is 29.7 Å². The smallest absolute Gasteiger partial charge is 0.416 e. The number of nitrogens with zero attached hydrogens (tertiary/aromatic N) is 2. The van der Waals surface area contributed by atoms with E-state index in [4.69, 9.17) is 18.9 Å². The monoisotopic (exact) mass is 728 g/mol. The molecular weight excluding hydrogens is 681 g/mol. The fraction of sp³-hybridized carbons (Fsp3) is 0.474. The second-order valence-electron chi connectivity index (χ2n) is 13.5. The topological polar surface area (TPSA) is 122 Å². The summed E-state index contributed by atoms with van der Waals surface area (Å²) >= 11 is 0. The average Bonchev–Trinajstić information content (AvgIpc) is 3.57. The van der Waals surface area contributed by atoms with Gasteiger partial charge in [-0.1, -0.05) is 13.0 Å². The molecule has 3 aromatic rings. The number of hydrogen-bond acceptors (Lipinski definition) is 8. The van der Waals surface area contributed by atoms with Crippen molar-refractivity contribution < 1.29 is 46.8 Å². The fourth-order valence-corrected chi connectivity index (χ4v) is 6.22. The molecule has 2 aliphatic heterocycles. The largest absolute Gasteiger partial charge is 0.490 e. The zero-order chi connectivity index (χ0) is 37.4. The number of carbonyl (C=O) groups excluding carboxylic acids is 2. The standard InChI is InChI=1S/C38H47F3N4O7/c1-24-19-45(25(2)22-46)36(47)31-18-30(43-37(48)42-29-11-9-28(10-12-29)38(39,40)41)13-15-32(31)52-26(3)7-5-6-16-49-35(24)21-44(4)20-27-8-14-33-34(17-27)51-23-50-33/h8-15,17-18,24-26,35,46H,5-7,16,19-23H2,1-4H3,(H2,42,43,48)/t24-,25+,26-,35-/m1/s1. The highest BCUT2D eigenvalue weighted by Gasteiger charge is 2.32. The normalized spacial score (nSPS) is 20.4. The van der Waals surface area contributed by atoms with Crippen molar-refractivity contribution in [3.63, 3.8) is 0 Å². The van der Waals surface area contributed by atoms with Gasteiger partial charge >= 0.3 is 12.2 Å². The summed E-state index contributed by atoms with van der Waals surface area (Å²) < 4.78 is 62.7. The molecule has 2 aliphatic rings. The predicted molar refractivity (Wildman–Crippen MR) is 190 cm³/mol. The first-order valence-electron chi connectivity index (χ1n) is 17.5. The number of nitrogens with one attached hydrogen (secondary N) is 2. The van der Waals surface area contributed by atoms with Gasteiger partial charge in [-0.15, -0.1) is 0 Å². The third kappa shape index (κ3) is 10.3. The summed E-state index contributed by atoms with van der Waals surface area (Å²) in [7, 11) is 2.02. The van der Waals surface area contributed by atoms with Crippen molar-refractivity contribution in [3.8, 4) is 17.2 Å². The summed E-state index contributed by atoms with van der Waals surface area (Å²) in [5.74, 6) is 1.24. The molecule has 282 valence electrons. The number of amides is 3. The van der Waals surface area contributed by atoms with Crippen molar-refractivity contribution in [3.05, 3.63) is 77.4 Å². The Morgan fingerprint density at radius 2 is 1.67 bits per heavy atom. The molecule has 0 radical (unpaired) electrons. The summed E-state index contributed by atoms with van der Waals surface area (Å²) in [5, 5.41) is 15.4. The van der Waals surface area contributed by atoms with Crippen LogP contribution in [-0.4, -0.2) is 85.2 Å². The maximum absolute atomic E-state index is 14.4. The van der Waals surface area contributed by atoms with Crippen molar-refractivity contribution in [2.75, 3.05) is 50.8 Å². The Hall–Kier alpha value is -4.53. The first-order valence-corrected chi connectivity index (χ1v) is 17.5. The molecule has 11 nitrogen and oxygen atoms in total. The summed E-state index contributed by atoms with van der Waals surface area (Å²) in [5.41, 5.74) is 0.854.